The van der Waals surface area contributed by atoms with E-state index in [9.17, 15) is 24.3 Å². The molecule has 0 aliphatic carbocycles. The van der Waals surface area contributed by atoms with E-state index in [1.165, 1.54) is 17.4 Å². The highest BCUT2D eigenvalue weighted by Crippen LogP contribution is 2.21. The lowest BCUT2D eigenvalue weighted by molar-refractivity contribution is -0.149. The van der Waals surface area contributed by atoms with E-state index in [1.54, 1.807) is 6.20 Å². The van der Waals surface area contributed by atoms with Crippen molar-refractivity contribution in [1.29, 1.82) is 0 Å². The van der Waals surface area contributed by atoms with Gasteiger partial charge in [0, 0.05) is 48.4 Å². The number of nitrogens with one attached hydrogen (secondary N) is 4. The quantitative estimate of drug-likeness (QED) is 0.208. The minimum atomic E-state index is -1.08. The van der Waals surface area contributed by atoms with E-state index in [1.807, 2.05) is 38.1 Å². The summed E-state index contributed by atoms with van der Waals surface area (Å²) in [5.74, 6) is -2.79. The van der Waals surface area contributed by atoms with Gasteiger partial charge in [-0.3, -0.25) is 14.4 Å². The van der Waals surface area contributed by atoms with E-state index in [0.717, 1.165) is 16.5 Å². The molecule has 0 saturated carbocycles. The van der Waals surface area contributed by atoms with E-state index in [4.69, 9.17) is 5.73 Å². The van der Waals surface area contributed by atoms with E-state index in [2.05, 4.69) is 25.6 Å². The fourth-order valence-electron chi connectivity index (χ4n) is 4.88. The van der Waals surface area contributed by atoms with Crippen molar-refractivity contribution in [2.45, 2.75) is 63.7 Å². The third-order valence-electron chi connectivity index (χ3n) is 7.17. The molecule has 2 aromatic heterocycles. The number of amides is 3. The summed E-state index contributed by atoms with van der Waals surface area (Å²) in [5, 5.41) is 16.1. The number of H-pyrrole nitrogens is 2. The van der Waals surface area contributed by atoms with Gasteiger partial charge in [-0.2, -0.15) is 0 Å². The molecule has 1 aromatic carbocycles. The highest BCUT2D eigenvalue weighted by atomic mass is 16.4. The Labute approximate surface area is 225 Å². The molecule has 7 N–H and O–H groups in total. The fraction of sp³-hybridized carbons (Fsp3) is 0.444. The third-order valence-corrected chi connectivity index (χ3v) is 7.17. The van der Waals surface area contributed by atoms with E-state index in [-0.39, 0.29) is 25.3 Å². The summed E-state index contributed by atoms with van der Waals surface area (Å²) < 4.78 is 0. The highest BCUT2D eigenvalue weighted by Gasteiger charge is 2.38. The first-order valence-corrected chi connectivity index (χ1v) is 13.1. The number of aromatic amines is 2. The average molecular weight is 538 g/mol. The van der Waals surface area contributed by atoms with Gasteiger partial charge in [0.1, 0.15) is 18.1 Å². The molecular weight excluding hydrogens is 502 g/mol. The summed E-state index contributed by atoms with van der Waals surface area (Å²) in [6.07, 6.45) is 5.91. The smallest absolute Gasteiger partial charge is 0.326 e. The number of likely N-dealkylation sites (tertiary alicyclic amines) is 1. The first kappa shape index (κ1) is 27.8. The van der Waals surface area contributed by atoms with Crippen LogP contribution in [-0.4, -0.2) is 79.4 Å². The Balaban J connectivity index is 1.60. The predicted molar refractivity (Wildman–Crippen MR) is 143 cm³/mol. The molecule has 1 aliphatic rings. The molecule has 12 nitrogen and oxygen atoms in total. The molecule has 3 amide bonds. The first-order valence-electron chi connectivity index (χ1n) is 13.1. The zero-order valence-electron chi connectivity index (χ0n) is 22.0. The Bertz CT molecular complexity index is 1320. The number of carboxylic acid groups (broad SMARTS) is 1. The lowest BCUT2D eigenvalue weighted by atomic mass is 10.0. The van der Waals surface area contributed by atoms with Gasteiger partial charge in [0.2, 0.25) is 17.7 Å². The van der Waals surface area contributed by atoms with Crippen LogP contribution < -0.4 is 16.4 Å². The second-order valence-corrected chi connectivity index (χ2v) is 10.3. The SMILES string of the molecule is CC(C)C(N)C(=O)NC(Cc1c[nH]c2ccccc12)C(=O)NC(Cc1cnc[nH]1)C(=O)N1CCCC1C(=O)O. The molecule has 0 bridgehead atoms. The van der Waals surface area contributed by atoms with Crippen molar-refractivity contribution in [3.8, 4) is 0 Å². The minimum absolute atomic E-state index is 0.0761. The van der Waals surface area contributed by atoms with Crippen LogP contribution in [0.2, 0.25) is 0 Å². The fourth-order valence-corrected chi connectivity index (χ4v) is 4.88. The Kier molecular flexibility index (Phi) is 8.65. The number of fused-ring (bicyclic) bond motifs is 1. The van der Waals surface area contributed by atoms with Crippen LogP contribution in [0.25, 0.3) is 10.9 Å². The maximum absolute atomic E-state index is 13.7. The molecule has 1 fully saturated rings. The van der Waals surface area contributed by atoms with Crippen LogP contribution in [0.5, 0.6) is 0 Å². The Morgan fingerprint density at radius 2 is 1.85 bits per heavy atom. The summed E-state index contributed by atoms with van der Waals surface area (Å²) >= 11 is 0. The second kappa shape index (κ2) is 12.1. The number of carbonyl (C=O) groups is 4. The summed E-state index contributed by atoms with van der Waals surface area (Å²) in [7, 11) is 0. The molecular formula is C27H35N7O5. The minimum Gasteiger partial charge on any atom is -0.480 e. The van der Waals surface area contributed by atoms with E-state index in [0.29, 0.717) is 18.5 Å². The number of nitrogens with zero attached hydrogens (tertiary/aromatic N) is 2. The topological polar surface area (TPSA) is 186 Å². The number of hydrogen-bond donors (Lipinski definition) is 6. The van der Waals surface area contributed by atoms with Crippen molar-refractivity contribution in [2.24, 2.45) is 11.7 Å². The van der Waals surface area contributed by atoms with Gasteiger partial charge in [-0.25, -0.2) is 9.78 Å². The van der Waals surface area contributed by atoms with Crippen LogP contribution in [0, 0.1) is 5.92 Å². The van der Waals surface area contributed by atoms with Crippen molar-refractivity contribution in [2.75, 3.05) is 6.54 Å². The lowest BCUT2D eigenvalue weighted by Crippen LogP contribution is -2.58. The summed E-state index contributed by atoms with van der Waals surface area (Å²) in [4.78, 5) is 63.3. The number of imidazole rings is 1. The van der Waals surface area contributed by atoms with Crippen LogP contribution in [-0.2, 0) is 32.0 Å². The van der Waals surface area contributed by atoms with Gasteiger partial charge in [-0.05, 0) is 30.4 Å². The summed E-state index contributed by atoms with van der Waals surface area (Å²) in [6.45, 7) is 3.91. The molecule has 208 valence electrons. The zero-order chi connectivity index (χ0) is 28.1. The first-order chi connectivity index (χ1) is 18.7. The Morgan fingerprint density at radius 3 is 2.54 bits per heavy atom. The Morgan fingerprint density at radius 1 is 1.10 bits per heavy atom. The normalized spacial score (nSPS) is 17.6. The Hall–Kier alpha value is -4.19. The summed E-state index contributed by atoms with van der Waals surface area (Å²) in [5.41, 5.74) is 8.36. The van der Waals surface area contributed by atoms with Gasteiger partial charge < -0.3 is 36.3 Å². The van der Waals surface area contributed by atoms with Gasteiger partial charge in [0.25, 0.3) is 0 Å². The number of aromatic nitrogens is 3. The zero-order valence-corrected chi connectivity index (χ0v) is 22.0. The maximum Gasteiger partial charge on any atom is 0.326 e. The lowest BCUT2D eigenvalue weighted by Gasteiger charge is -2.29. The van der Waals surface area contributed by atoms with Crippen LogP contribution in [0.3, 0.4) is 0 Å². The van der Waals surface area contributed by atoms with Crippen LogP contribution in [0.4, 0.5) is 0 Å². The van der Waals surface area contributed by atoms with Crippen molar-refractivity contribution in [1.82, 2.24) is 30.5 Å². The molecule has 3 aromatic rings. The monoisotopic (exact) mass is 537 g/mol. The number of rotatable bonds is 11. The molecule has 1 aliphatic heterocycles. The van der Waals surface area contributed by atoms with Gasteiger partial charge in [0.15, 0.2) is 0 Å². The van der Waals surface area contributed by atoms with Crippen LogP contribution >= 0.6 is 0 Å². The van der Waals surface area contributed by atoms with Crippen LogP contribution in [0.15, 0.2) is 43.0 Å². The molecule has 4 unspecified atom stereocenters. The number of hydrogen-bond acceptors (Lipinski definition) is 6. The van der Waals surface area contributed by atoms with Gasteiger partial charge >= 0.3 is 5.97 Å². The van der Waals surface area contributed by atoms with Crippen molar-refractivity contribution < 1.29 is 24.3 Å². The molecule has 1 saturated heterocycles. The van der Waals surface area contributed by atoms with Crippen molar-refractivity contribution in [3.05, 3.63) is 54.2 Å². The van der Waals surface area contributed by atoms with Crippen molar-refractivity contribution in [3.63, 3.8) is 0 Å². The number of carboxylic acids is 1. The van der Waals surface area contributed by atoms with Crippen LogP contribution in [0.1, 0.15) is 37.9 Å². The number of nitrogens with two attached hydrogens (primary N) is 1. The molecule has 3 heterocycles. The van der Waals surface area contributed by atoms with E-state index >= 15 is 0 Å². The van der Waals surface area contributed by atoms with Gasteiger partial charge in [-0.15, -0.1) is 0 Å². The maximum atomic E-state index is 13.7. The molecule has 12 heteroatoms. The number of para-hydroxylation sites is 1. The average Bonchev–Trinajstić information content (AvgIpc) is 3.68. The highest BCUT2D eigenvalue weighted by molar-refractivity contribution is 5.95. The van der Waals surface area contributed by atoms with Crippen molar-refractivity contribution >= 4 is 34.6 Å². The predicted octanol–water partition coefficient (Wildman–Crippen LogP) is 0.705. The molecule has 4 rings (SSSR count). The standard InChI is InChI=1S/C27H35N7O5/c1-15(2)23(28)25(36)32-20(10-16-12-30-19-7-4-3-6-18(16)19)24(35)33-21(11-17-13-29-14-31-17)26(37)34-9-5-8-22(34)27(38)39/h3-4,6-7,12-15,20-23,30H,5,8-11,28H2,1-2H3,(H,29,31)(H,32,36)(H,33,35)(H,38,39). The third kappa shape index (κ3) is 6.45. The number of carbonyl (C=O) groups excluding carboxylic acids is 3. The van der Waals surface area contributed by atoms with Gasteiger partial charge in [-0.1, -0.05) is 32.0 Å². The molecule has 4 atom stereocenters. The molecule has 39 heavy (non-hydrogen) atoms. The second-order valence-electron chi connectivity index (χ2n) is 10.3. The molecule has 0 radical (unpaired) electrons. The number of aliphatic carboxylic acids is 1. The van der Waals surface area contributed by atoms with E-state index < -0.39 is 47.9 Å². The largest absolute Gasteiger partial charge is 0.480 e. The molecule has 0 spiro atoms. The number of benzene rings is 1. The van der Waals surface area contributed by atoms with Gasteiger partial charge in [0.05, 0.1) is 12.4 Å². The summed E-state index contributed by atoms with van der Waals surface area (Å²) in [6, 6.07) is 3.72.